The van der Waals surface area contributed by atoms with Crippen molar-refractivity contribution < 1.29 is 9.59 Å². The molecular weight excluding hydrogens is 368 g/mol. The molecule has 29 heavy (non-hydrogen) atoms. The number of amides is 2. The zero-order valence-corrected chi connectivity index (χ0v) is 16.9. The summed E-state index contributed by atoms with van der Waals surface area (Å²) in [5.74, 6) is 0.546. The number of carbonyl (C=O) groups excluding carboxylic acids is 2. The highest BCUT2D eigenvalue weighted by Crippen LogP contribution is 2.44. The summed E-state index contributed by atoms with van der Waals surface area (Å²) >= 11 is 0. The monoisotopic (exact) mass is 396 g/mol. The van der Waals surface area contributed by atoms with Crippen molar-refractivity contribution in [3.63, 3.8) is 0 Å². The molecule has 3 aliphatic rings. The molecule has 0 radical (unpaired) electrons. The molecule has 1 saturated heterocycles. The van der Waals surface area contributed by atoms with Gasteiger partial charge in [-0.15, -0.1) is 0 Å². The molecule has 2 aromatic rings. The van der Waals surface area contributed by atoms with Crippen LogP contribution in [0.3, 0.4) is 0 Å². The predicted octanol–water partition coefficient (Wildman–Crippen LogP) is 1.62. The SMILES string of the molecule is Cc1cnn(CC(=O)N2CCC3(CC2)c2nc[nH]c2CCN3C(=O)C2CCC2)c1. The van der Waals surface area contributed by atoms with Crippen LogP contribution in [0.25, 0.3) is 0 Å². The van der Waals surface area contributed by atoms with Gasteiger partial charge in [0.15, 0.2) is 0 Å². The van der Waals surface area contributed by atoms with E-state index in [1.165, 1.54) is 0 Å². The van der Waals surface area contributed by atoms with Crippen molar-refractivity contribution >= 4 is 11.8 Å². The summed E-state index contributed by atoms with van der Waals surface area (Å²) in [5, 5.41) is 4.23. The number of nitrogens with one attached hydrogen (secondary N) is 1. The Morgan fingerprint density at radius 3 is 2.69 bits per heavy atom. The fraction of sp³-hybridized carbons (Fsp3) is 0.619. The molecule has 5 rings (SSSR count). The Balaban J connectivity index is 1.35. The molecule has 2 fully saturated rings. The van der Waals surface area contributed by atoms with Gasteiger partial charge in [0.2, 0.25) is 11.8 Å². The van der Waals surface area contributed by atoms with Gasteiger partial charge in [-0.2, -0.15) is 5.10 Å². The van der Waals surface area contributed by atoms with Gasteiger partial charge in [-0.3, -0.25) is 14.3 Å². The van der Waals surface area contributed by atoms with Crippen LogP contribution in [0.2, 0.25) is 0 Å². The van der Waals surface area contributed by atoms with Crippen LogP contribution in [0, 0.1) is 12.8 Å². The fourth-order valence-electron chi connectivity index (χ4n) is 5.10. The van der Waals surface area contributed by atoms with Crippen molar-refractivity contribution in [3.05, 3.63) is 35.7 Å². The minimum atomic E-state index is -0.376. The van der Waals surface area contributed by atoms with Crippen molar-refractivity contribution in [2.45, 2.75) is 57.5 Å². The van der Waals surface area contributed by atoms with E-state index in [0.29, 0.717) is 13.1 Å². The maximum absolute atomic E-state index is 13.2. The maximum Gasteiger partial charge on any atom is 0.244 e. The summed E-state index contributed by atoms with van der Waals surface area (Å²) in [4.78, 5) is 38.0. The highest BCUT2D eigenvalue weighted by molar-refractivity contribution is 5.81. The number of fused-ring (bicyclic) bond motifs is 2. The van der Waals surface area contributed by atoms with Crippen molar-refractivity contribution in [3.8, 4) is 0 Å². The number of aryl methyl sites for hydroxylation is 1. The summed E-state index contributed by atoms with van der Waals surface area (Å²) < 4.78 is 1.70. The Hall–Kier alpha value is -2.64. The second-order valence-corrected chi connectivity index (χ2v) is 8.73. The first-order valence-electron chi connectivity index (χ1n) is 10.7. The smallest absolute Gasteiger partial charge is 0.244 e. The molecule has 4 heterocycles. The summed E-state index contributed by atoms with van der Waals surface area (Å²) in [6.07, 6.45) is 10.9. The quantitative estimate of drug-likeness (QED) is 0.854. The van der Waals surface area contributed by atoms with E-state index >= 15 is 0 Å². The molecule has 2 aromatic heterocycles. The molecule has 0 atom stereocenters. The third-order valence-electron chi connectivity index (χ3n) is 6.98. The van der Waals surface area contributed by atoms with E-state index in [0.717, 1.165) is 62.0 Å². The van der Waals surface area contributed by atoms with Gasteiger partial charge in [-0.05, 0) is 38.2 Å². The normalized spacial score (nSPS) is 21.1. The summed E-state index contributed by atoms with van der Waals surface area (Å²) in [7, 11) is 0. The lowest BCUT2D eigenvalue weighted by Gasteiger charge is -2.51. The average molecular weight is 396 g/mol. The van der Waals surface area contributed by atoms with Gasteiger partial charge in [0.05, 0.1) is 23.8 Å². The molecule has 1 spiro atoms. The minimum absolute atomic E-state index is 0.0814. The topological polar surface area (TPSA) is 87.1 Å². The predicted molar refractivity (Wildman–Crippen MR) is 106 cm³/mol. The van der Waals surface area contributed by atoms with Crippen LogP contribution >= 0.6 is 0 Å². The Kier molecular flexibility index (Phi) is 4.44. The van der Waals surface area contributed by atoms with Crippen LogP contribution in [0.4, 0.5) is 0 Å². The number of rotatable bonds is 3. The number of imidazole rings is 1. The van der Waals surface area contributed by atoms with Crippen molar-refractivity contribution in [1.29, 1.82) is 0 Å². The third kappa shape index (κ3) is 3.05. The van der Waals surface area contributed by atoms with Gasteiger partial charge in [-0.1, -0.05) is 6.42 Å². The number of H-pyrrole nitrogens is 1. The van der Waals surface area contributed by atoms with Gasteiger partial charge in [0.25, 0.3) is 0 Å². The Morgan fingerprint density at radius 1 is 1.24 bits per heavy atom. The number of carbonyl (C=O) groups is 2. The fourth-order valence-corrected chi connectivity index (χ4v) is 5.10. The molecule has 0 aromatic carbocycles. The average Bonchev–Trinajstić information content (AvgIpc) is 3.30. The van der Waals surface area contributed by atoms with Gasteiger partial charge in [0, 0.05) is 43.9 Å². The summed E-state index contributed by atoms with van der Waals surface area (Å²) in [5.41, 5.74) is 2.84. The lowest BCUT2D eigenvalue weighted by molar-refractivity contribution is -0.150. The van der Waals surface area contributed by atoms with Crippen LogP contribution in [-0.2, 0) is 28.1 Å². The van der Waals surface area contributed by atoms with Crippen LogP contribution in [0.5, 0.6) is 0 Å². The largest absolute Gasteiger partial charge is 0.348 e. The van der Waals surface area contributed by atoms with Gasteiger partial charge in [0.1, 0.15) is 6.54 Å². The molecular formula is C21H28N6O2. The molecule has 1 N–H and O–H groups in total. The van der Waals surface area contributed by atoms with E-state index in [1.807, 2.05) is 18.0 Å². The number of piperidine rings is 1. The zero-order chi connectivity index (χ0) is 20.0. The first kappa shape index (κ1) is 18.4. The summed E-state index contributed by atoms with van der Waals surface area (Å²) in [6.45, 7) is 4.25. The number of aromatic amines is 1. The minimum Gasteiger partial charge on any atom is -0.348 e. The second kappa shape index (κ2) is 7.00. The molecule has 154 valence electrons. The highest BCUT2D eigenvalue weighted by atomic mass is 16.2. The van der Waals surface area contributed by atoms with Crippen molar-refractivity contribution in [1.82, 2.24) is 29.5 Å². The van der Waals surface area contributed by atoms with E-state index < -0.39 is 0 Å². The lowest BCUT2D eigenvalue weighted by Crippen LogP contribution is -2.60. The van der Waals surface area contributed by atoms with Crippen molar-refractivity contribution in [2.24, 2.45) is 5.92 Å². The van der Waals surface area contributed by atoms with E-state index in [4.69, 9.17) is 0 Å². The second-order valence-electron chi connectivity index (χ2n) is 8.73. The van der Waals surface area contributed by atoms with Gasteiger partial charge < -0.3 is 14.8 Å². The number of aromatic nitrogens is 4. The van der Waals surface area contributed by atoms with Crippen LogP contribution in [0.1, 0.15) is 49.1 Å². The Bertz CT molecular complexity index is 919. The number of hydrogen-bond donors (Lipinski definition) is 1. The van der Waals surface area contributed by atoms with E-state index in [1.54, 1.807) is 17.2 Å². The molecule has 8 nitrogen and oxygen atoms in total. The van der Waals surface area contributed by atoms with E-state index in [2.05, 4.69) is 20.0 Å². The molecule has 1 saturated carbocycles. The Labute approximate surface area is 170 Å². The summed E-state index contributed by atoms with van der Waals surface area (Å²) in [6, 6.07) is 0. The van der Waals surface area contributed by atoms with Gasteiger partial charge in [-0.25, -0.2) is 4.98 Å². The molecule has 1 aliphatic carbocycles. The standard InChI is InChI=1S/C21H28N6O2/c1-15-11-24-26(12-15)13-18(28)25-9-6-21(7-10-25)19-17(22-14-23-19)5-8-27(21)20(29)16-3-2-4-16/h11-12,14,16H,2-10,13H2,1H3,(H,22,23). The van der Waals surface area contributed by atoms with E-state index in [9.17, 15) is 9.59 Å². The molecule has 8 heteroatoms. The molecule has 0 bridgehead atoms. The molecule has 2 aliphatic heterocycles. The zero-order valence-electron chi connectivity index (χ0n) is 16.9. The number of hydrogen-bond acceptors (Lipinski definition) is 4. The molecule has 0 unspecified atom stereocenters. The van der Waals surface area contributed by atoms with Gasteiger partial charge >= 0.3 is 0 Å². The van der Waals surface area contributed by atoms with Crippen LogP contribution < -0.4 is 0 Å². The highest BCUT2D eigenvalue weighted by Gasteiger charge is 2.50. The number of nitrogens with zero attached hydrogens (tertiary/aromatic N) is 5. The lowest BCUT2D eigenvalue weighted by atomic mass is 9.76. The van der Waals surface area contributed by atoms with Crippen LogP contribution in [0.15, 0.2) is 18.7 Å². The Morgan fingerprint density at radius 2 is 2.03 bits per heavy atom. The third-order valence-corrected chi connectivity index (χ3v) is 6.98. The maximum atomic E-state index is 13.2. The van der Waals surface area contributed by atoms with E-state index in [-0.39, 0.29) is 29.8 Å². The first-order valence-corrected chi connectivity index (χ1v) is 10.7. The first-order chi connectivity index (χ1) is 14.1. The van der Waals surface area contributed by atoms with Crippen molar-refractivity contribution in [2.75, 3.05) is 19.6 Å². The number of likely N-dealkylation sites (tertiary alicyclic amines) is 1. The molecule has 2 amide bonds. The van der Waals surface area contributed by atoms with Crippen LogP contribution in [-0.4, -0.2) is 61.0 Å².